The van der Waals surface area contributed by atoms with Crippen molar-refractivity contribution in [3.8, 4) is 0 Å². The van der Waals surface area contributed by atoms with Crippen LogP contribution in [-0.2, 0) is 22.4 Å². The summed E-state index contributed by atoms with van der Waals surface area (Å²) in [5.41, 5.74) is 2.08. The van der Waals surface area contributed by atoms with Gasteiger partial charge in [-0.2, -0.15) is 0 Å². The lowest BCUT2D eigenvalue weighted by Gasteiger charge is -2.25. The molecule has 1 fully saturated rings. The number of esters is 1. The Bertz CT molecular complexity index is 503. The molecule has 0 aliphatic carbocycles. The molecule has 1 aliphatic heterocycles. The van der Waals surface area contributed by atoms with E-state index in [1.807, 2.05) is 13.8 Å². The third-order valence-corrected chi connectivity index (χ3v) is 4.78. The molecule has 1 saturated heterocycles. The van der Waals surface area contributed by atoms with Crippen molar-refractivity contribution in [2.45, 2.75) is 39.5 Å². The zero-order valence-corrected chi connectivity index (χ0v) is 15.4. The zero-order valence-electron chi connectivity index (χ0n) is 15.4. The molecule has 4 nitrogen and oxygen atoms in total. The molecule has 4 heteroatoms. The number of ether oxygens (including phenoxy) is 1. The van der Waals surface area contributed by atoms with Crippen LogP contribution in [0.2, 0.25) is 0 Å². The Hall–Kier alpha value is -1.39. The summed E-state index contributed by atoms with van der Waals surface area (Å²) in [6.07, 6.45) is 4.27. The first-order chi connectivity index (χ1) is 11.5. The third-order valence-electron chi connectivity index (χ3n) is 4.78. The van der Waals surface area contributed by atoms with E-state index in [4.69, 9.17) is 4.74 Å². The average molecular weight is 332 g/mol. The Morgan fingerprint density at radius 3 is 2.29 bits per heavy atom. The van der Waals surface area contributed by atoms with Gasteiger partial charge in [-0.1, -0.05) is 24.3 Å². The summed E-state index contributed by atoms with van der Waals surface area (Å²) in [7, 11) is 1.45. The Morgan fingerprint density at radius 2 is 1.71 bits per heavy atom. The van der Waals surface area contributed by atoms with E-state index in [1.54, 1.807) is 0 Å². The van der Waals surface area contributed by atoms with Gasteiger partial charge in [-0.05, 0) is 76.8 Å². The van der Waals surface area contributed by atoms with Gasteiger partial charge in [-0.15, -0.1) is 0 Å². The normalized spacial score (nSPS) is 17.1. The summed E-state index contributed by atoms with van der Waals surface area (Å²) >= 11 is 0. The van der Waals surface area contributed by atoms with Crippen molar-refractivity contribution in [2.75, 3.05) is 39.8 Å². The van der Waals surface area contributed by atoms with Crippen LogP contribution < -0.4 is 5.32 Å². The molecule has 1 aromatic carbocycles. The number of hydrogen-bond donors (Lipinski definition) is 1. The minimum atomic E-state index is -0.477. The van der Waals surface area contributed by atoms with Crippen LogP contribution in [0.3, 0.4) is 0 Å². The molecule has 0 aromatic heterocycles. The van der Waals surface area contributed by atoms with Gasteiger partial charge in [0.25, 0.3) is 0 Å². The molecule has 0 atom stereocenters. The topological polar surface area (TPSA) is 41.6 Å². The molecule has 134 valence electrons. The monoisotopic (exact) mass is 332 g/mol. The quantitative estimate of drug-likeness (QED) is 0.813. The highest BCUT2D eigenvalue weighted by Crippen LogP contribution is 2.23. The van der Waals surface area contributed by atoms with Crippen LogP contribution in [0.5, 0.6) is 0 Å². The van der Waals surface area contributed by atoms with Gasteiger partial charge in [-0.25, -0.2) is 0 Å². The van der Waals surface area contributed by atoms with Gasteiger partial charge in [0.2, 0.25) is 0 Å². The molecule has 0 radical (unpaired) electrons. The van der Waals surface area contributed by atoms with E-state index in [0.29, 0.717) is 6.42 Å². The minimum absolute atomic E-state index is 0.154. The van der Waals surface area contributed by atoms with Crippen molar-refractivity contribution in [1.82, 2.24) is 10.2 Å². The second kappa shape index (κ2) is 9.19. The minimum Gasteiger partial charge on any atom is -0.469 e. The van der Waals surface area contributed by atoms with Crippen LogP contribution >= 0.6 is 0 Å². The molecular formula is C20H32N2O2. The predicted molar refractivity (Wildman–Crippen MR) is 98.2 cm³/mol. The van der Waals surface area contributed by atoms with Crippen molar-refractivity contribution in [3.05, 3.63) is 35.4 Å². The van der Waals surface area contributed by atoms with Crippen LogP contribution in [0.15, 0.2) is 24.3 Å². The first kappa shape index (κ1) is 18.9. The number of nitrogens with one attached hydrogen (secondary N) is 1. The summed E-state index contributed by atoms with van der Waals surface area (Å²) < 4.78 is 4.89. The molecule has 0 unspecified atom stereocenters. The number of carbonyl (C=O) groups is 1. The van der Waals surface area contributed by atoms with E-state index in [-0.39, 0.29) is 5.97 Å². The maximum atomic E-state index is 11.8. The number of carbonyl (C=O) groups excluding carboxylic acids is 1. The van der Waals surface area contributed by atoms with Crippen molar-refractivity contribution in [2.24, 2.45) is 5.41 Å². The van der Waals surface area contributed by atoms with E-state index in [9.17, 15) is 4.79 Å². The van der Waals surface area contributed by atoms with Gasteiger partial charge in [-0.3, -0.25) is 4.79 Å². The van der Waals surface area contributed by atoms with E-state index in [0.717, 1.165) is 26.1 Å². The zero-order chi connectivity index (χ0) is 17.4. The summed E-state index contributed by atoms with van der Waals surface area (Å²) in [6.45, 7) is 9.67. The highest BCUT2D eigenvalue weighted by Gasteiger charge is 2.28. The van der Waals surface area contributed by atoms with Crippen LogP contribution in [-0.4, -0.2) is 50.7 Å². The van der Waals surface area contributed by atoms with Crippen LogP contribution in [0.4, 0.5) is 0 Å². The largest absolute Gasteiger partial charge is 0.469 e. The SMILES string of the molecule is COC(=O)C(C)(C)Cc1ccc(CCN2CCCNCCC2)cc1. The summed E-state index contributed by atoms with van der Waals surface area (Å²) in [4.78, 5) is 14.4. The predicted octanol–water partition coefficient (Wildman–Crippen LogP) is 2.66. The van der Waals surface area contributed by atoms with Crippen LogP contribution in [0, 0.1) is 5.41 Å². The van der Waals surface area contributed by atoms with Gasteiger partial charge >= 0.3 is 5.97 Å². The van der Waals surface area contributed by atoms with Crippen LogP contribution in [0.1, 0.15) is 37.8 Å². The number of rotatable bonds is 6. The van der Waals surface area contributed by atoms with Crippen molar-refractivity contribution < 1.29 is 9.53 Å². The van der Waals surface area contributed by atoms with E-state index >= 15 is 0 Å². The lowest BCUT2D eigenvalue weighted by atomic mass is 9.85. The van der Waals surface area contributed by atoms with Gasteiger partial charge in [0.05, 0.1) is 12.5 Å². The maximum Gasteiger partial charge on any atom is 0.311 e. The molecule has 0 amide bonds. The number of methoxy groups -OCH3 is 1. The van der Waals surface area contributed by atoms with Gasteiger partial charge in [0.15, 0.2) is 0 Å². The number of hydrogen-bond acceptors (Lipinski definition) is 4. The fourth-order valence-electron chi connectivity index (χ4n) is 3.29. The van der Waals surface area contributed by atoms with E-state index < -0.39 is 5.41 Å². The average Bonchev–Trinajstić information content (AvgIpc) is 2.54. The molecule has 1 heterocycles. The van der Waals surface area contributed by atoms with E-state index in [1.165, 1.54) is 44.2 Å². The first-order valence-corrected chi connectivity index (χ1v) is 9.10. The fourth-order valence-corrected chi connectivity index (χ4v) is 3.29. The van der Waals surface area contributed by atoms with Gasteiger partial charge in [0.1, 0.15) is 0 Å². The standard InChI is InChI=1S/C20H32N2O2/c1-20(2,19(23)24-3)16-18-8-6-17(7-9-18)10-15-22-13-4-11-21-12-5-14-22/h6-9,21H,4-5,10-16H2,1-3H3. The molecule has 0 spiro atoms. The molecule has 1 N–H and O–H groups in total. The van der Waals surface area contributed by atoms with Crippen molar-refractivity contribution in [3.63, 3.8) is 0 Å². The molecule has 0 saturated carbocycles. The fraction of sp³-hybridized carbons (Fsp3) is 0.650. The summed E-state index contributed by atoms with van der Waals surface area (Å²) in [5, 5.41) is 3.46. The second-order valence-electron chi connectivity index (χ2n) is 7.42. The lowest BCUT2D eigenvalue weighted by molar-refractivity contribution is -0.150. The summed E-state index contributed by atoms with van der Waals surface area (Å²) in [5.74, 6) is -0.154. The Labute approximate surface area is 146 Å². The number of nitrogens with zero attached hydrogens (tertiary/aromatic N) is 1. The van der Waals surface area contributed by atoms with Crippen molar-refractivity contribution in [1.29, 1.82) is 0 Å². The van der Waals surface area contributed by atoms with Gasteiger partial charge < -0.3 is 15.0 Å². The molecule has 1 aliphatic rings. The molecule has 1 aromatic rings. The van der Waals surface area contributed by atoms with Gasteiger partial charge in [0, 0.05) is 6.54 Å². The van der Waals surface area contributed by atoms with Crippen molar-refractivity contribution >= 4 is 5.97 Å². The molecular weight excluding hydrogens is 300 g/mol. The van der Waals surface area contributed by atoms with E-state index in [2.05, 4.69) is 34.5 Å². The third kappa shape index (κ3) is 5.91. The Balaban J connectivity index is 1.84. The number of benzene rings is 1. The highest BCUT2D eigenvalue weighted by atomic mass is 16.5. The molecule has 2 rings (SSSR count). The lowest BCUT2D eigenvalue weighted by Crippen LogP contribution is -2.35. The Kier molecular flexibility index (Phi) is 7.25. The molecule has 24 heavy (non-hydrogen) atoms. The smallest absolute Gasteiger partial charge is 0.311 e. The first-order valence-electron chi connectivity index (χ1n) is 9.10. The molecule has 0 bridgehead atoms. The maximum absolute atomic E-state index is 11.8. The summed E-state index contributed by atoms with van der Waals surface area (Å²) in [6, 6.07) is 8.71. The Morgan fingerprint density at radius 1 is 1.12 bits per heavy atom. The second-order valence-corrected chi connectivity index (χ2v) is 7.42. The van der Waals surface area contributed by atoms with Crippen LogP contribution in [0.25, 0.3) is 0 Å². The highest BCUT2D eigenvalue weighted by molar-refractivity contribution is 5.76.